The second-order valence-electron chi connectivity index (χ2n) is 5.18. The third kappa shape index (κ3) is 4.44. The Bertz CT molecular complexity index is 459. The van der Waals surface area contributed by atoms with Crippen LogP contribution in [0.3, 0.4) is 0 Å². The van der Waals surface area contributed by atoms with Gasteiger partial charge < -0.3 is 19.7 Å². The molecule has 0 bridgehead atoms. The van der Waals surface area contributed by atoms with Crippen molar-refractivity contribution in [3.63, 3.8) is 0 Å². The highest BCUT2D eigenvalue weighted by atomic mass is 16.5. The van der Waals surface area contributed by atoms with Crippen LogP contribution in [0.1, 0.15) is 12.5 Å². The van der Waals surface area contributed by atoms with E-state index in [1.165, 1.54) is 0 Å². The predicted octanol–water partition coefficient (Wildman–Crippen LogP) is 1.07. The Balaban J connectivity index is 1.78. The second-order valence-corrected chi connectivity index (χ2v) is 5.18. The van der Waals surface area contributed by atoms with Crippen molar-refractivity contribution in [3.8, 4) is 5.75 Å². The third-order valence-electron chi connectivity index (χ3n) is 3.73. The summed E-state index contributed by atoms with van der Waals surface area (Å²) < 4.78 is 10.6. The van der Waals surface area contributed by atoms with Crippen LogP contribution in [0.5, 0.6) is 5.75 Å². The molecule has 5 nitrogen and oxygen atoms in total. The fourth-order valence-electron chi connectivity index (χ4n) is 2.48. The van der Waals surface area contributed by atoms with Gasteiger partial charge in [-0.1, -0.05) is 18.2 Å². The molecule has 0 radical (unpaired) electrons. The molecule has 1 atom stereocenters. The summed E-state index contributed by atoms with van der Waals surface area (Å²) in [7, 11) is 1.68. The molecule has 1 aromatic rings. The zero-order valence-electron chi connectivity index (χ0n) is 12.8. The van der Waals surface area contributed by atoms with Gasteiger partial charge >= 0.3 is 0 Å². The lowest BCUT2D eigenvalue weighted by Crippen LogP contribution is -2.49. The fourth-order valence-corrected chi connectivity index (χ4v) is 2.48. The predicted molar refractivity (Wildman–Crippen MR) is 81.6 cm³/mol. The number of para-hydroxylation sites is 1. The number of nitrogens with zero attached hydrogens (tertiary/aromatic N) is 1. The van der Waals surface area contributed by atoms with Gasteiger partial charge in [-0.15, -0.1) is 0 Å². The lowest BCUT2D eigenvalue weighted by molar-refractivity contribution is -0.137. The Hall–Kier alpha value is -1.59. The normalized spacial score (nSPS) is 16.6. The van der Waals surface area contributed by atoms with Crippen LogP contribution in [0.25, 0.3) is 0 Å². The minimum atomic E-state index is -0.169. The van der Waals surface area contributed by atoms with E-state index in [0.717, 1.165) is 24.3 Å². The van der Waals surface area contributed by atoms with E-state index in [4.69, 9.17) is 9.47 Å². The van der Waals surface area contributed by atoms with Gasteiger partial charge in [-0.2, -0.15) is 0 Å². The Kier molecular flexibility index (Phi) is 6.02. The van der Waals surface area contributed by atoms with E-state index in [9.17, 15) is 4.79 Å². The Labute approximate surface area is 126 Å². The molecular formula is C16H24N2O3. The molecule has 116 valence electrons. The van der Waals surface area contributed by atoms with Gasteiger partial charge in [0.1, 0.15) is 5.75 Å². The molecule has 2 rings (SSSR count). The standard InChI is InChI=1S/C16H24N2O3/c1-13(16(19)18-9-11-21-12-10-18)17-8-7-14-5-3-4-6-15(14)20-2/h3-6,13,17H,7-12H2,1-2H3. The first-order chi connectivity index (χ1) is 10.2. The first-order valence-electron chi connectivity index (χ1n) is 7.44. The Morgan fingerprint density at radius 2 is 2.10 bits per heavy atom. The molecule has 1 N–H and O–H groups in total. The zero-order chi connectivity index (χ0) is 15.1. The number of hydrogen-bond acceptors (Lipinski definition) is 4. The van der Waals surface area contributed by atoms with Crippen molar-refractivity contribution >= 4 is 5.91 Å². The number of hydrogen-bond donors (Lipinski definition) is 1. The average molecular weight is 292 g/mol. The van der Waals surface area contributed by atoms with E-state index in [1.54, 1.807) is 7.11 Å². The molecule has 1 aliphatic heterocycles. The quantitative estimate of drug-likeness (QED) is 0.852. The summed E-state index contributed by atoms with van der Waals surface area (Å²) in [6, 6.07) is 7.80. The van der Waals surface area contributed by atoms with Crippen LogP contribution < -0.4 is 10.1 Å². The molecule has 1 amide bonds. The highest BCUT2D eigenvalue weighted by Crippen LogP contribution is 2.17. The molecule has 1 fully saturated rings. The summed E-state index contributed by atoms with van der Waals surface area (Å²) in [6.45, 7) is 5.33. The number of rotatable bonds is 6. The maximum Gasteiger partial charge on any atom is 0.239 e. The average Bonchev–Trinajstić information content (AvgIpc) is 2.55. The molecule has 5 heteroatoms. The van der Waals surface area contributed by atoms with Crippen LogP contribution in [0.15, 0.2) is 24.3 Å². The van der Waals surface area contributed by atoms with Gasteiger partial charge in [-0.3, -0.25) is 4.79 Å². The molecule has 0 aliphatic carbocycles. The van der Waals surface area contributed by atoms with Gasteiger partial charge in [-0.05, 0) is 25.0 Å². The van der Waals surface area contributed by atoms with Gasteiger partial charge in [0.2, 0.25) is 5.91 Å². The van der Waals surface area contributed by atoms with E-state index in [0.29, 0.717) is 26.3 Å². The molecule has 0 saturated carbocycles. The van der Waals surface area contributed by atoms with Crippen molar-refractivity contribution in [1.82, 2.24) is 10.2 Å². The third-order valence-corrected chi connectivity index (χ3v) is 3.73. The van der Waals surface area contributed by atoms with Crippen LogP contribution in [-0.4, -0.2) is 56.8 Å². The van der Waals surface area contributed by atoms with E-state index in [-0.39, 0.29) is 11.9 Å². The fraction of sp³-hybridized carbons (Fsp3) is 0.562. The van der Waals surface area contributed by atoms with Crippen molar-refractivity contribution in [3.05, 3.63) is 29.8 Å². The first-order valence-corrected chi connectivity index (χ1v) is 7.44. The van der Waals surface area contributed by atoms with Gasteiger partial charge in [0.15, 0.2) is 0 Å². The maximum atomic E-state index is 12.2. The zero-order valence-corrected chi connectivity index (χ0v) is 12.8. The number of morpholine rings is 1. The lowest BCUT2D eigenvalue weighted by Gasteiger charge is -2.29. The lowest BCUT2D eigenvalue weighted by atomic mass is 10.1. The van der Waals surface area contributed by atoms with Crippen LogP contribution in [0.4, 0.5) is 0 Å². The maximum absolute atomic E-state index is 12.2. The van der Waals surface area contributed by atoms with Crippen LogP contribution >= 0.6 is 0 Å². The molecule has 0 aromatic heterocycles. The Morgan fingerprint density at radius 3 is 2.81 bits per heavy atom. The monoisotopic (exact) mass is 292 g/mol. The number of carbonyl (C=O) groups excluding carboxylic acids is 1. The number of methoxy groups -OCH3 is 1. The Morgan fingerprint density at radius 1 is 1.38 bits per heavy atom. The van der Waals surface area contributed by atoms with Crippen LogP contribution in [-0.2, 0) is 16.0 Å². The number of benzene rings is 1. The van der Waals surface area contributed by atoms with E-state index in [2.05, 4.69) is 11.4 Å². The van der Waals surface area contributed by atoms with Crippen molar-refractivity contribution < 1.29 is 14.3 Å². The van der Waals surface area contributed by atoms with Gasteiger partial charge in [0, 0.05) is 19.6 Å². The smallest absolute Gasteiger partial charge is 0.239 e. The largest absolute Gasteiger partial charge is 0.496 e. The molecule has 21 heavy (non-hydrogen) atoms. The van der Waals surface area contributed by atoms with Crippen molar-refractivity contribution in [2.45, 2.75) is 19.4 Å². The summed E-state index contributed by atoms with van der Waals surface area (Å²) in [4.78, 5) is 14.1. The minimum Gasteiger partial charge on any atom is -0.496 e. The highest BCUT2D eigenvalue weighted by molar-refractivity contribution is 5.81. The number of ether oxygens (including phenoxy) is 2. The van der Waals surface area contributed by atoms with Crippen molar-refractivity contribution in [2.24, 2.45) is 0 Å². The van der Waals surface area contributed by atoms with Gasteiger partial charge in [0.05, 0.1) is 26.4 Å². The molecule has 1 aliphatic rings. The number of nitrogens with one attached hydrogen (secondary N) is 1. The molecule has 1 saturated heterocycles. The van der Waals surface area contributed by atoms with Crippen molar-refractivity contribution in [2.75, 3.05) is 40.0 Å². The molecule has 1 unspecified atom stereocenters. The molecule has 0 spiro atoms. The van der Waals surface area contributed by atoms with Crippen LogP contribution in [0.2, 0.25) is 0 Å². The summed E-state index contributed by atoms with van der Waals surface area (Å²) in [5.41, 5.74) is 1.15. The molecule has 1 heterocycles. The first kappa shape index (κ1) is 15.8. The van der Waals surface area contributed by atoms with Crippen molar-refractivity contribution in [1.29, 1.82) is 0 Å². The van der Waals surface area contributed by atoms with E-state index >= 15 is 0 Å². The molecular weight excluding hydrogens is 268 g/mol. The highest BCUT2D eigenvalue weighted by Gasteiger charge is 2.21. The number of carbonyl (C=O) groups is 1. The SMILES string of the molecule is COc1ccccc1CCNC(C)C(=O)N1CCOCC1. The summed E-state index contributed by atoms with van der Waals surface area (Å²) >= 11 is 0. The van der Waals surface area contributed by atoms with E-state index < -0.39 is 0 Å². The van der Waals surface area contributed by atoms with Gasteiger partial charge in [0.25, 0.3) is 0 Å². The summed E-state index contributed by atoms with van der Waals surface area (Å²) in [5.74, 6) is 1.05. The number of amides is 1. The van der Waals surface area contributed by atoms with Crippen LogP contribution in [0, 0.1) is 0 Å². The topological polar surface area (TPSA) is 50.8 Å². The van der Waals surface area contributed by atoms with E-state index in [1.807, 2.05) is 30.0 Å². The minimum absolute atomic E-state index is 0.151. The second kappa shape index (κ2) is 8.00. The molecule has 1 aromatic carbocycles. The summed E-state index contributed by atoms with van der Waals surface area (Å²) in [5, 5.41) is 3.29. The van der Waals surface area contributed by atoms with Gasteiger partial charge in [-0.25, -0.2) is 0 Å². The summed E-state index contributed by atoms with van der Waals surface area (Å²) in [6.07, 6.45) is 0.838.